The molecule has 2 fully saturated rings. The van der Waals surface area contributed by atoms with E-state index >= 15 is 0 Å². The van der Waals surface area contributed by atoms with Gasteiger partial charge < -0.3 is 14.3 Å². The van der Waals surface area contributed by atoms with Crippen LogP contribution in [0.5, 0.6) is 0 Å². The lowest BCUT2D eigenvalue weighted by molar-refractivity contribution is -0.0624. The van der Waals surface area contributed by atoms with Crippen LogP contribution in [0, 0.1) is 22.7 Å². The maximum atomic E-state index is 9.90. The summed E-state index contributed by atoms with van der Waals surface area (Å²) < 4.78 is 13.2. The Labute approximate surface area is 188 Å². The van der Waals surface area contributed by atoms with Crippen molar-refractivity contribution < 1.29 is 14.3 Å². The molecule has 0 aromatic rings. The predicted octanol–water partition coefficient (Wildman–Crippen LogP) is 7.19. The molecule has 0 radical (unpaired) electrons. The fraction of sp³-hybridized carbons (Fsp3) is 1.00. The maximum Gasteiger partial charge on any atom is 0.192 e. The van der Waals surface area contributed by atoms with E-state index in [4.69, 9.17) is 9.16 Å². The van der Waals surface area contributed by atoms with Crippen LogP contribution >= 0.6 is 0 Å². The summed E-state index contributed by atoms with van der Waals surface area (Å²) in [5.74, 6) is 1.38. The molecule has 0 aliphatic heterocycles. The Bertz CT molecular complexity index is 558. The highest BCUT2D eigenvalue weighted by Gasteiger charge is 2.56. The van der Waals surface area contributed by atoms with Crippen LogP contribution in [0.25, 0.3) is 0 Å². The quantitative estimate of drug-likeness (QED) is 0.304. The van der Waals surface area contributed by atoms with Crippen LogP contribution < -0.4 is 0 Å². The number of hydrogen-bond donors (Lipinski definition) is 1. The maximum absolute atomic E-state index is 9.90. The van der Waals surface area contributed by atoms with Gasteiger partial charge in [0, 0.05) is 12.7 Å². The Morgan fingerprint density at radius 2 is 1.63 bits per heavy atom. The first-order valence-corrected chi connectivity index (χ1v) is 15.4. The van der Waals surface area contributed by atoms with Crippen LogP contribution in [0.1, 0.15) is 100 Å². The zero-order valence-corrected chi connectivity index (χ0v) is 22.9. The topological polar surface area (TPSA) is 38.7 Å². The summed E-state index contributed by atoms with van der Waals surface area (Å²) in [5, 5.41) is 10.2. The summed E-state index contributed by atoms with van der Waals surface area (Å²) in [6.45, 7) is 24.6. The summed E-state index contributed by atoms with van der Waals surface area (Å²) in [4.78, 5) is 0. The average Bonchev–Trinajstić information content (AvgIpc) is 2.91. The Morgan fingerprint density at radius 3 is 2.20 bits per heavy atom. The van der Waals surface area contributed by atoms with Crippen LogP contribution in [0.2, 0.25) is 18.1 Å². The van der Waals surface area contributed by atoms with Crippen molar-refractivity contribution in [2.45, 2.75) is 130 Å². The second-order valence-corrected chi connectivity index (χ2v) is 18.3. The molecule has 0 bridgehead atoms. The van der Waals surface area contributed by atoms with Gasteiger partial charge in [-0.15, -0.1) is 0 Å². The third kappa shape index (κ3) is 6.11. The molecule has 178 valence electrons. The molecule has 0 unspecified atom stereocenters. The molecule has 0 aromatic heterocycles. The molecular formula is C26H52O3Si. The molecule has 2 aliphatic rings. The van der Waals surface area contributed by atoms with Gasteiger partial charge in [0.05, 0.1) is 12.2 Å². The molecule has 0 amide bonds. The van der Waals surface area contributed by atoms with E-state index in [0.717, 1.165) is 26.1 Å². The zero-order valence-electron chi connectivity index (χ0n) is 21.9. The van der Waals surface area contributed by atoms with Crippen molar-refractivity contribution in [3.05, 3.63) is 0 Å². The Kier molecular flexibility index (Phi) is 8.04. The molecule has 2 rings (SSSR count). The van der Waals surface area contributed by atoms with Crippen molar-refractivity contribution in [2.75, 3.05) is 13.2 Å². The summed E-state index contributed by atoms with van der Waals surface area (Å²) >= 11 is 0. The van der Waals surface area contributed by atoms with Crippen LogP contribution in [-0.4, -0.2) is 38.3 Å². The van der Waals surface area contributed by atoms with Crippen molar-refractivity contribution in [1.29, 1.82) is 0 Å². The summed E-state index contributed by atoms with van der Waals surface area (Å²) in [6, 6.07) is 0. The van der Waals surface area contributed by atoms with Crippen LogP contribution in [0.4, 0.5) is 0 Å². The predicted molar refractivity (Wildman–Crippen MR) is 130 cm³/mol. The number of ether oxygens (including phenoxy) is 1. The Balaban J connectivity index is 2.01. The summed E-state index contributed by atoms with van der Waals surface area (Å²) in [5.41, 5.74) is -0.0470. The summed E-state index contributed by atoms with van der Waals surface area (Å²) in [7, 11) is -1.74. The lowest BCUT2D eigenvalue weighted by Gasteiger charge is -2.51. The third-order valence-corrected chi connectivity index (χ3v) is 13.3. The monoisotopic (exact) mass is 440 g/mol. The third-order valence-electron chi connectivity index (χ3n) is 8.81. The van der Waals surface area contributed by atoms with E-state index in [1.807, 2.05) is 13.8 Å². The normalized spacial score (nSPS) is 31.1. The average molecular weight is 441 g/mol. The first-order chi connectivity index (χ1) is 13.5. The molecule has 2 saturated carbocycles. The van der Waals surface area contributed by atoms with Crippen molar-refractivity contribution >= 4 is 8.32 Å². The SMILES string of the molecule is CC(C)(O)CCCOCC(C)(C)[C@H]1CC[C@@H]2[C@H](O[Si](C)(C)C(C)(C)C)CCC[C@]21C. The molecule has 0 saturated heterocycles. The molecule has 1 N–H and O–H groups in total. The molecular weight excluding hydrogens is 388 g/mol. The van der Waals surface area contributed by atoms with E-state index in [2.05, 4.69) is 54.6 Å². The highest BCUT2D eigenvalue weighted by molar-refractivity contribution is 6.74. The summed E-state index contributed by atoms with van der Waals surface area (Å²) in [6.07, 6.45) is 8.65. The van der Waals surface area contributed by atoms with Crippen molar-refractivity contribution in [3.8, 4) is 0 Å². The van der Waals surface area contributed by atoms with Gasteiger partial charge in [0.25, 0.3) is 0 Å². The lowest BCUT2D eigenvalue weighted by atomic mass is 9.58. The Morgan fingerprint density at radius 1 is 1.00 bits per heavy atom. The van der Waals surface area contributed by atoms with E-state index < -0.39 is 13.9 Å². The van der Waals surface area contributed by atoms with Gasteiger partial charge in [0.2, 0.25) is 0 Å². The number of rotatable bonds is 9. The molecule has 2 aliphatic carbocycles. The second kappa shape index (κ2) is 9.15. The van der Waals surface area contributed by atoms with E-state index in [0.29, 0.717) is 23.4 Å². The van der Waals surface area contributed by atoms with E-state index in [1.165, 1.54) is 32.1 Å². The lowest BCUT2D eigenvalue weighted by Crippen LogP contribution is -2.51. The van der Waals surface area contributed by atoms with Crippen LogP contribution in [-0.2, 0) is 9.16 Å². The molecule has 3 nitrogen and oxygen atoms in total. The largest absolute Gasteiger partial charge is 0.414 e. The minimum Gasteiger partial charge on any atom is -0.414 e. The van der Waals surface area contributed by atoms with Gasteiger partial charge in [-0.1, -0.05) is 48.0 Å². The second-order valence-electron chi connectivity index (χ2n) is 13.5. The number of fused-ring (bicyclic) bond motifs is 1. The zero-order chi connectivity index (χ0) is 23.0. The highest BCUT2D eigenvalue weighted by Crippen LogP contribution is 2.61. The molecule has 30 heavy (non-hydrogen) atoms. The number of aliphatic hydroxyl groups is 1. The highest BCUT2D eigenvalue weighted by atomic mass is 28.4. The van der Waals surface area contributed by atoms with E-state index in [1.54, 1.807) is 0 Å². The van der Waals surface area contributed by atoms with Gasteiger partial charge in [0.1, 0.15) is 0 Å². The molecule has 4 heteroatoms. The number of hydrogen-bond acceptors (Lipinski definition) is 3. The minimum absolute atomic E-state index is 0.178. The van der Waals surface area contributed by atoms with Gasteiger partial charge in [0.15, 0.2) is 8.32 Å². The minimum atomic E-state index is -1.74. The van der Waals surface area contributed by atoms with E-state index in [-0.39, 0.29) is 10.5 Å². The molecule has 0 spiro atoms. The van der Waals surface area contributed by atoms with Gasteiger partial charge in [-0.2, -0.15) is 0 Å². The first kappa shape index (κ1) is 26.4. The fourth-order valence-electron chi connectivity index (χ4n) is 6.14. The van der Waals surface area contributed by atoms with Gasteiger partial charge in [-0.25, -0.2) is 0 Å². The van der Waals surface area contributed by atoms with Gasteiger partial charge >= 0.3 is 0 Å². The van der Waals surface area contributed by atoms with Crippen molar-refractivity contribution in [2.24, 2.45) is 22.7 Å². The van der Waals surface area contributed by atoms with Crippen molar-refractivity contribution in [1.82, 2.24) is 0 Å². The fourth-order valence-corrected chi connectivity index (χ4v) is 7.53. The van der Waals surface area contributed by atoms with Crippen molar-refractivity contribution in [3.63, 3.8) is 0 Å². The molecule has 0 aromatic carbocycles. The van der Waals surface area contributed by atoms with Gasteiger partial charge in [-0.3, -0.25) is 0 Å². The Hall–Kier alpha value is 0.0969. The molecule has 4 atom stereocenters. The van der Waals surface area contributed by atoms with E-state index in [9.17, 15) is 5.11 Å². The molecule has 0 heterocycles. The smallest absolute Gasteiger partial charge is 0.192 e. The van der Waals surface area contributed by atoms with Crippen LogP contribution in [0.3, 0.4) is 0 Å². The van der Waals surface area contributed by atoms with Gasteiger partial charge in [-0.05, 0) is 93.2 Å². The first-order valence-electron chi connectivity index (χ1n) is 12.5. The standard InChI is InChI=1S/C26H52O3Si/c1-23(2,3)30(9,10)29-21-13-11-17-26(8)20(21)14-15-22(26)24(4,5)19-28-18-12-16-25(6,7)27/h20-22,27H,11-19H2,1-10H3/t20-,21-,22-,26-/m1/s1. The van der Waals surface area contributed by atoms with Crippen LogP contribution in [0.15, 0.2) is 0 Å².